The van der Waals surface area contributed by atoms with E-state index in [0.29, 0.717) is 22.5 Å². The summed E-state index contributed by atoms with van der Waals surface area (Å²) in [6, 6.07) is 12.0. The molecule has 4 rings (SSSR count). The van der Waals surface area contributed by atoms with Crippen molar-refractivity contribution in [3.63, 3.8) is 0 Å². The molecule has 0 atom stereocenters. The van der Waals surface area contributed by atoms with Crippen LogP contribution in [-0.2, 0) is 11.3 Å². The Bertz CT molecular complexity index is 1050. The van der Waals surface area contributed by atoms with Crippen molar-refractivity contribution in [3.8, 4) is 5.75 Å². The number of phenols is 1. The molecule has 5 nitrogen and oxygen atoms in total. The quantitative estimate of drug-likeness (QED) is 0.496. The van der Waals surface area contributed by atoms with Crippen molar-refractivity contribution >= 4 is 45.8 Å². The minimum absolute atomic E-state index is 0.000499. The van der Waals surface area contributed by atoms with Crippen LogP contribution in [0.5, 0.6) is 5.75 Å². The van der Waals surface area contributed by atoms with Crippen molar-refractivity contribution in [2.24, 2.45) is 0 Å². The molecule has 1 saturated carbocycles. The highest BCUT2D eigenvalue weighted by atomic mass is 35.5. The second-order valence-electron chi connectivity index (χ2n) is 6.66. The van der Waals surface area contributed by atoms with Crippen molar-refractivity contribution in [3.05, 3.63) is 63.8 Å². The summed E-state index contributed by atoms with van der Waals surface area (Å²) >= 11 is 12.5. The van der Waals surface area contributed by atoms with Crippen LogP contribution in [0.4, 0.5) is 0 Å². The molecule has 0 unspecified atom stereocenters. The van der Waals surface area contributed by atoms with E-state index in [0.717, 1.165) is 18.4 Å². The van der Waals surface area contributed by atoms with Gasteiger partial charge in [0.25, 0.3) is 11.7 Å². The van der Waals surface area contributed by atoms with Crippen LogP contribution >= 0.6 is 23.2 Å². The third-order valence-electron chi connectivity index (χ3n) is 4.58. The topological polar surface area (TPSA) is 71.3 Å². The molecule has 2 N–H and O–H groups in total. The van der Waals surface area contributed by atoms with Crippen LogP contribution in [0, 0.1) is 0 Å². The predicted molar refractivity (Wildman–Crippen MR) is 105 cm³/mol. The Hall–Kier alpha value is -2.50. The molecular weight excluding hydrogens is 387 g/mol. The van der Waals surface area contributed by atoms with E-state index in [1.54, 1.807) is 22.8 Å². The molecule has 0 spiro atoms. The molecule has 0 radical (unpaired) electrons. The summed E-state index contributed by atoms with van der Waals surface area (Å²) in [5.74, 6) is -1.37. The smallest absolute Gasteiger partial charge is 0.292 e. The number of aromatic hydroxyl groups is 1. The van der Waals surface area contributed by atoms with Gasteiger partial charge in [0.05, 0.1) is 11.1 Å². The summed E-state index contributed by atoms with van der Waals surface area (Å²) in [7, 11) is 0. The van der Waals surface area contributed by atoms with E-state index in [2.05, 4.69) is 5.32 Å². The maximum atomic E-state index is 12.8. The van der Waals surface area contributed by atoms with Gasteiger partial charge in [0.2, 0.25) is 0 Å². The minimum Gasteiger partial charge on any atom is -0.508 e. The van der Waals surface area contributed by atoms with Gasteiger partial charge in [-0.1, -0.05) is 35.3 Å². The number of phenolic OH excluding ortho intramolecular Hbond substituents is 1. The first-order valence-corrected chi connectivity index (χ1v) is 9.30. The number of carbonyl (C=O) groups is 2. The number of amides is 1. The summed E-state index contributed by atoms with van der Waals surface area (Å²) in [5.41, 5.74) is 1.71. The Morgan fingerprint density at radius 1 is 1.11 bits per heavy atom. The standard InChI is InChI=1S/C20H16Cl2N2O3/c21-12-3-1-11(2-4-12)10-24-16-8-7-14(25)9-15(16)17(19(24)22)18(26)20(27)23-13-5-6-13/h1-4,7-9,13,25H,5-6,10H2,(H,23,27). The highest BCUT2D eigenvalue weighted by Crippen LogP contribution is 2.34. The zero-order valence-electron chi connectivity index (χ0n) is 14.2. The lowest BCUT2D eigenvalue weighted by Crippen LogP contribution is -2.32. The van der Waals surface area contributed by atoms with Crippen molar-refractivity contribution in [1.29, 1.82) is 0 Å². The lowest BCUT2D eigenvalue weighted by atomic mass is 10.1. The Labute approximate surface area is 165 Å². The molecule has 1 heterocycles. The number of carbonyl (C=O) groups excluding carboxylic acids is 2. The molecule has 3 aromatic rings. The number of hydrogen-bond acceptors (Lipinski definition) is 3. The van der Waals surface area contributed by atoms with Gasteiger partial charge in [-0.05, 0) is 48.7 Å². The zero-order chi connectivity index (χ0) is 19.1. The van der Waals surface area contributed by atoms with Gasteiger partial charge in [-0.2, -0.15) is 0 Å². The number of Topliss-reactive ketones (excluding diaryl/α,β-unsaturated/α-hetero) is 1. The number of hydrogen-bond donors (Lipinski definition) is 2. The van der Waals surface area contributed by atoms with Gasteiger partial charge < -0.3 is 15.0 Å². The summed E-state index contributed by atoms with van der Waals surface area (Å²) in [6.07, 6.45) is 1.76. The summed E-state index contributed by atoms with van der Waals surface area (Å²) < 4.78 is 1.75. The lowest BCUT2D eigenvalue weighted by molar-refractivity contribution is -0.117. The zero-order valence-corrected chi connectivity index (χ0v) is 15.7. The van der Waals surface area contributed by atoms with Crippen LogP contribution in [0.1, 0.15) is 28.8 Å². The van der Waals surface area contributed by atoms with E-state index in [1.807, 2.05) is 12.1 Å². The second kappa shape index (κ2) is 6.91. The van der Waals surface area contributed by atoms with Crippen LogP contribution in [0.3, 0.4) is 0 Å². The van der Waals surface area contributed by atoms with E-state index in [4.69, 9.17) is 23.2 Å². The van der Waals surface area contributed by atoms with Crippen LogP contribution in [-0.4, -0.2) is 27.4 Å². The first-order valence-electron chi connectivity index (χ1n) is 8.54. The lowest BCUT2D eigenvalue weighted by Gasteiger charge is -2.08. The van der Waals surface area contributed by atoms with Crippen molar-refractivity contribution < 1.29 is 14.7 Å². The van der Waals surface area contributed by atoms with Crippen LogP contribution < -0.4 is 5.32 Å². The molecule has 0 aliphatic heterocycles. The number of halogens is 2. The van der Waals surface area contributed by atoms with Crippen molar-refractivity contribution in [1.82, 2.24) is 9.88 Å². The molecule has 1 aliphatic rings. The van der Waals surface area contributed by atoms with E-state index >= 15 is 0 Å². The largest absolute Gasteiger partial charge is 0.508 e. The van der Waals surface area contributed by atoms with Gasteiger partial charge in [0.1, 0.15) is 10.9 Å². The molecule has 1 aliphatic carbocycles. The Balaban J connectivity index is 1.79. The number of benzene rings is 2. The summed E-state index contributed by atoms with van der Waals surface area (Å²) in [6.45, 7) is 0.398. The molecule has 1 amide bonds. The number of ketones is 1. The second-order valence-corrected chi connectivity index (χ2v) is 7.45. The predicted octanol–water partition coefficient (Wildman–Crippen LogP) is 4.16. The molecular formula is C20H16Cl2N2O3. The van der Waals surface area contributed by atoms with E-state index in [1.165, 1.54) is 12.1 Å². The fourth-order valence-electron chi connectivity index (χ4n) is 3.05. The molecule has 1 aromatic heterocycles. The maximum Gasteiger partial charge on any atom is 0.292 e. The fourth-order valence-corrected chi connectivity index (χ4v) is 3.51. The van der Waals surface area contributed by atoms with Gasteiger partial charge in [0, 0.05) is 23.0 Å². The summed E-state index contributed by atoms with van der Waals surface area (Å²) in [4.78, 5) is 25.0. The van der Waals surface area contributed by atoms with E-state index in [9.17, 15) is 14.7 Å². The number of nitrogens with one attached hydrogen (secondary N) is 1. The van der Waals surface area contributed by atoms with Gasteiger partial charge in [-0.3, -0.25) is 9.59 Å². The first-order chi connectivity index (χ1) is 12.9. The van der Waals surface area contributed by atoms with Crippen molar-refractivity contribution in [2.45, 2.75) is 25.4 Å². The molecule has 138 valence electrons. The number of fused-ring (bicyclic) bond motifs is 1. The maximum absolute atomic E-state index is 12.8. The van der Waals surface area contributed by atoms with Crippen LogP contribution in [0.15, 0.2) is 42.5 Å². The monoisotopic (exact) mass is 402 g/mol. The van der Waals surface area contributed by atoms with E-state index in [-0.39, 0.29) is 22.5 Å². The number of aromatic nitrogens is 1. The molecule has 0 saturated heterocycles. The Morgan fingerprint density at radius 3 is 2.48 bits per heavy atom. The van der Waals surface area contributed by atoms with Crippen LogP contribution in [0.25, 0.3) is 10.9 Å². The fraction of sp³-hybridized carbons (Fsp3) is 0.200. The van der Waals surface area contributed by atoms with E-state index < -0.39 is 11.7 Å². The third kappa shape index (κ3) is 3.53. The highest BCUT2D eigenvalue weighted by molar-refractivity contribution is 6.49. The average molecular weight is 403 g/mol. The Morgan fingerprint density at radius 2 is 1.81 bits per heavy atom. The van der Waals surface area contributed by atoms with Gasteiger partial charge in [-0.15, -0.1) is 0 Å². The molecule has 1 fully saturated rings. The highest BCUT2D eigenvalue weighted by Gasteiger charge is 2.31. The van der Waals surface area contributed by atoms with Crippen LogP contribution in [0.2, 0.25) is 10.2 Å². The minimum atomic E-state index is -0.697. The van der Waals surface area contributed by atoms with Gasteiger partial charge >= 0.3 is 0 Å². The van der Waals surface area contributed by atoms with Gasteiger partial charge in [0.15, 0.2) is 0 Å². The average Bonchev–Trinajstić information content (AvgIpc) is 3.41. The molecule has 7 heteroatoms. The number of rotatable bonds is 5. The van der Waals surface area contributed by atoms with Gasteiger partial charge in [-0.25, -0.2) is 0 Å². The first kappa shape index (κ1) is 17.9. The van der Waals surface area contributed by atoms with Crippen molar-refractivity contribution in [2.75, 3.05) is 0 Å². The summed E-state index contributed by atoms with van der Waals surface area (Å²) in [5, 5.41) is 13.8. The SMILES string of the molecule is O=C(NC1CC1)C(=O)c1c(Cl)n(Cc2ccc(Cl)cc2)c2ccc(O)cc12. The number of nitrogens with zero attached hydrogens (tertiary/aromatic N) is 1. The molecule has 2 aromatic carbocycles. The third-order valence-corrected chi connectivity index (χ3v) is 5.23. The Kier molecular flexibility index (Phi) is 4.58. The molecule has 27 heavy (non-hydrogen) atoms. The molecule has 0 bridgehead atoms. The normalized spacial score (nSPS) is 13.7.